The lowest BCUT2D eigenvalue weighted by atomic mass is 10.1. The van der Waals surface area contributed by atoms with E-state index in [4.69, 9.17) is 9.36 Å². The largest absolute Gasteiger partial charge is 0.381 e. The average molecular weight is 239 g/mol. The van der Waals surface area contributed by atoms with Crippen molar-refractivity contribution in [1.82, 2.24) is 0 Å². The van der Waals surface area contributed by atoms with Crippen LogP contribution in [-0.4, -0.2) is 25.3 Å². The summed E-state index contributed by atoms with van der Waals surface area (Å²) in [6, 6.07) is 9.73. The van der Waals surface area contributed by atoms with Gasteiger partial charge in [-0.2, -0.15) is 0 Å². The summed E-state index contributed by atoms with van der Waals surface area (Å²) in [5, 5.41) is 3.97. The minimum Gasteiger partial charge on any atom is -0.381 e. The predicted octanol–water partition coefficient (Wildman–Crippen LogP) is 2.69. The van der Waals surface area contributed by atoms with Gasteiger partial charge in [0.15, 0.2) is 0 Å². The molecule has 0 aliphatic carbocycles. The van der Waals surface area contributed by atoms with Crippen molar-refractivity contribution >= 4 is 13.1 Å². The van der Waals surface area contributed by atoms with E-state index in [1.165, 1.54) is 7.11 Å². The molecule has 0 radical (unpaired) electrons. The van der Waals surface area contributed by atoms with E-state index in [9.17, 15) is 4.57 Å². The van der Waals surface area contributed by atoms with Gasteiger partial charge in [0.1, 0.15) is 0 Å². The van der Waals surface area contributed by atoms with Crippen LogP contribution in [0.3, 0.4) is 0 Å². The lowest BCUT2D eigenvalue weighted by molar-refractivity contribution is 0.128. The molecule has 16 heavy (non-hydrogen) atoms. The van der Waals surface area contributed by atoms with Crippen LogP contribution in [0.5, 0.6) is 0 Å². The first-order valence-corrected chi connectivity index (χ1v) is 7.18. The molecule has 86 valence electrons. The van der Waals surface area contributed by atoms with Crippen LogP contribution in [0.25, 0.3) is 0 Å². The smallest absolute Gasteiger partial charge is 0.242 e. The summed E-state index contributed by atoms with van der Waals surface area (Å²) in [6.07, 6.45) is 0.533. The van der Waals surface area contributed by atoms with E-state index in [-0.39, 0.29) is 0 Å². The van der Waals surface area contributed by atoms with Crippen molar-refractivity contribution in [2.45, 2.75) is 12.3 Å². The number of nitrogens with zero attached hydrogens (tertiary/aromatic N) is 1. The second-order valence-corrected chi connectivity index (χ2v) is 6.52. The molecule has 0 bridgehead atoms. The Bertz CT molecular complexity index is 444. The lowest BCUT2D eigenvalue weighted by Crippen LogP contribution is -2.09. The van der Waals surface area contributed by atoms with Crippen LogP contribution in [-0.2, 0) is 13.9 Å². The molecule has 0 fully saturated rings. The van der Waals surface area contributed by atoms with Crippen molar-refractivity contribution in [3.05, 3.63) is 35.9 Å². The zero-order valence-corrected chi connectivity index (χ0v) is 10.2. The summed E-state index contributed by atoms with van der Waals surface area (Å²) in [6.45, 7) is 1.57. The number of benzene rings is 1. The molecule has 2 unspecified atom stereocenters. The maximum absolute atomic E-state index is 11.9. The molecule has 0 aromatic heterocycles. The Hall–Kier alpha value is -1.12. The second kappa shape index (κ2) is 4.40. The van der Waals surface area contributed by atoms with E-state index in [2.05, 4.69) is 5.16 Å². The highest BCUT2D eigenvalue weighted by Crippen LogP contribution is 2.51. The van der Waals surface area contributed by atoms with Crippen molar-refractivity contribution in [2.75, 3.05) is 13.8 Å². The predicted molar refractivity (Wildman–Crippen MR) is 63.0 cm³/mol. The summed E-state index contributed by atoms with van der Waals surface area (Å²) in [4.78, 5) is 5.18. The number of rotatable bonds is 3. The van der Waals surface area contributed by atoms with Crippen molar-refractivity contribution in [2.24, 2.45) is 5.16 Å². The van der Waals surface area contributed by atoms with E-state index in [0.29, 0.717) is 6.42 Å². The molecule has 1 aliphatic rings. The van der Waals surface area contributed by atoms with Crippen LogP contribution in [0.1, 0.15) is 12.0 Å². The normalized spacial score (nSPS) is 23.4. The van der Waals surface area contributed by atoms with Gasteiger partial charge in [-0.05, 0) is 5.56 Å². The molecule has 0 N–H and O–H groups in total. The van der Waals surface area contributed by atoms with Crippen LogP contribution in [0, 0.1) is 0 Å². The first-order valence-electron chi connectivity index (χ1n) is 5.04. The van der Waals surface area contributed by atoms with E-state index in [0.717, 1.165) is 11.3 Å². The molecule has 1 aliphatic heterocycles. The fraction of sp³-hybridized carbons (Fsp3) is 0.364. The summed E-state index contributed by atoms with van der Waals surface area (Å²) in [5.74, 6) is -0.451. The van der Waals surface area contributed by atoms with Crippen LogP contribution in [0.4, 0.5) is 0 Å². The SMILES string of the molecule is COP(C)(=O)C1CC(c2ccccc2)=NO1. The monoisotopic (exact) mass is 239 g/mol. The van der Waals surface area contributed by atoms with Crippen LogP contribution in [0.2, 0.25) is 0 Å². The highest BCUT2D eigenvalue weighted by atomic mass is 31.2. The zero-order valence-electron chi connectivity index (χ0n) is 9.29. The number of oxime groups is 1. The first kappa shape index (κ1) is 11.4. The fourth-order valence-corrected chi connectivity index (χ4v) is 2.49. The van der Waals surface area contributed by atoms with E-state index in [1.807, 2.05) is 30.3 Å². The molecular weight excluding hydrogens is 225 g/mol. The minimum atomic E-state index is -2.72. The second-order valence-electron chi connectivity index (χ2n) is 3.76. The molecule has 1 heterocycles. The Balaban J connectivity index is 2.12. The molecule has 0 saturated carbocycles. The van der Waals surface area contributed by atoms with Gasteiger partial charge in [-0.25, -0.2) is 0 Å². The molecule has 5 heteroatoms. The zero-order chi connectivity index (χ0) is 11.6. The Morgan fingerprint density at radius 3 is 2.75 bits per heavy atom. The van der Waals surface area contributed by atoms with Crippen molar-refractivity contribution in [3.8, 4) is 0 Å². The molecule has 2 rings (SSSR count). The van der Waals surface area contributed by atoms with Crippen LogP contribution < -0.4 is 0 Å². The highest BCUT2D eigenvalue weighted by molar-refractivity contribution is 7.58. The van der Waals surface area contributed by atoms with Gasteiger partial charge in [-0.1, -0.05) is 35.5 Å². The van der Waals surface area contributed by atoms with Crippen molar-refractivity contribution in [1.29, 1.82) is 0 Å². The average Bonchev–Trinajstić information content (AvgIpc) is 2.80. The van der Waals surface area contributed by atoms with Gasteiger partial charge in [0, 0.05) is 20.2 Å². The molecule has 0 spiro atoms. The molecule has 1 aromatic rings. The lowest BCUT2D eigenvalue weighted by Gasteiger charge is -2.15. The standard InChI is InChI=1S/C11H14NO3P/c1-14-16(2,13)11-8-10(12-15-11)9-6-4-3-5-7-9/h3-7,11H,8H2,1-2H3. The molecule has 2 atom stereocenters. The third kappa shape index (κ3) is 2.18. The van der Waals surface area contributed by atoms with Crippen LogP contribution in [0.15, 0.2) is 35.5 Å². The Morgan fingerprint density at radius 2 is 2.12 bits per heavy atom. The van der Waals surface area contributed by atoms with Gasteiger partial charge in [0.25, 0.3) is 0 Å². The van der Waals surface area contributed by atoms with Crippen molar-refractivity contribution in [3.63, 3.8) is 0 Å². The minimum absolute atomic E-state index is 0.451. The topological polar surface area (TPSA) is 47.9 Å². The fourth-order valence-electron chi connectivity index (χ4n) is 1.53. The van der Waals surface area contributed by atoms with Gasteiger partial charge in [0.05, 0.1) is 5.71 Å². The summed E-state index contributed by atoms with van der Waals surface area (Å²) in [5.41, 5.74) is 1.82. The molecule has 0 amide bonds. The van der Waals surface area contributed by atoms with Gasteiger partial charge in [0.2, 0.25) is 13.2 Å². The Morgan fingerprint density at radius 1 is 1.44 bits per heavy atom. The van der Waals surface area contributed by atoms with E-state index in [1.54, 1.807) is 6.66 Å². The Kier molecular flexibility index (Phi) is 3.13. The van der Waals surface area contributed by atoms with Gasteiger partial charge >= 0.3 is 0 Å². The maximum Gasteiger partial charge on any atom is 0.242 e. The molecular formula is C11H14NO3P. The summed E-state index contributed by atoms with van der Waals surface area (Å²) < 4.78 is 16.9. The maximum atomic E-state index is 11.9. The van der Waals surface area contributed by atoms with Gasteiger partial charge in [-0.3, -0.25) is 4.57 Å². The van der Waals surface area contributed by atoms with E-state index < -0.39 is 13.2 Å². The van der Waals surface area contributed by atoms with E-state index >= 15 is 0 Å². The summed E-state index contributed by atoms with van der Waals surface area (Å²) in [7, 11) is -1.28. The molecule has 1 aromatic carbocycles. The van der Waals surface area contributed by atoms with Gasteiger partial charge in [-0.15, -0.1) is 0 Å². The number of hydrogen-bond acceptors (Lipinski definition) is 4. The van der Waals surface area contributed by atoms with Crippen molar-refractivity contribution < 1.29 is 13.9 Å². The third-order valence-corrected chi connectivity index (χ3v) is 4.69. The highest BCUT2D eigenvalue weighted by Gasteiger charge is 2.35. The number of hydrogen-bond donors (Lipinski definition) is 0. The quantitative estimate of drug-likeness (QED) is 0.762. The summed E-state index contributed by atoms with van der Waals surface area (Å²) >= 11 is 0. The Labute approximate surface area is 94.7 Å². The molecule has 4 nitrogen and oxygen atoms in total. The van der Waals surface area contributed by atoms with Gasteiger partial charge < -0.3 is 9.36 Å². The molecule has 0 saturated heterocycles. The third-order valence-electron chi connectivity index (χ3n) is 2.65. The van der Waals surface area contributed by atoms with Crippen LogP contribution >= 0.6 is 7.37 Å². The first-order chi connectivity index (χ1) is 7.63.